The predicted molar refractivity (Wildman–Crippen MR) is 86.1 cm³/mol. The molecule has 1 saturated heterocycles. The van der Waals surface area contributed by atoms with E-state index in [1.165, 1.54) is 5.56 Å². The average molecular weight is 360 g/mol. The molecule has 0 bridgehead atoms. The van der Waals surface area contributed by atoms with Gasteiger partial charge in [-0.1, -0.05) is 0 Å². The van der Waals surface area contributed by atoms with Gasteiger partial charge in [-0.05, 0) is 67.7 Å². The fourth-order valence-corrected chi connectivity index (χ4v) is 4.13. The van der Waals surface area contributed by atoms with Crippen molar-refractivity contribution in [3.63, 3.8) is 0 Å². The number of thiophene rings is 1. The fraction of sp³-hybridized carbons (Fsp3) is 0.667. The minimum atomic E-state index is -0.666. The summed E-state index contributed by atoms with van der Waals surface area (Å²) < 4.78 is 7.08. The van der Waals surface area contributed by atoms with Crippen molar-refractivity contribution in [1.82, 2.24) is 4.90 Å². The summed E-state index contributed by atoms with van der Waals surface area (Å²) in [4.78, 5) is 14.7. The highest BCUT2D eigenvalue weighted by Gasteiger charge is 2.53. The Kier molecular flexibility index (Phi) is 4.46. The van der Waals surface area contributed by atoms with E-state index in [1.54, 1.807) is 11.3 Å². The molecule has 20 heavy (non-hydrogen) atoms. The van der Waals surface area contributed by atoms with Crippen molar-refractivity contribution in [3.05, 3.63) is 20.8 Å². The molecule has 0 N–H and O–H groups in total. The molecule has 1 unspecified atom stereocenters. The summed E-state index contributed by atoms with van der Waals surface area (Å²) in [5.41, 5.74) is 0.206. The molecule has 0 spiro atoms. The van der Waals surface area contributed by atoms with Crippen LogP contribution in [0.25, 0.3) is 0 Å². The molecule has 1 aromatic rings. The van der Waals surface area contributed by atoms with E-state index in [0.717, 1.165) is 16.9 Å². The molecular weight excluding hydrogens is 338 g/mol. The number of carbonyl (C=O) groups is 1. The van der Waals surface area contributed by atoms with Gasteiger partial charge in [0.05, 0.1) is 15.3 Å². The lowest BCUT2D eigenvalue weighted by Crippen LogP contribution is -2.39. The second-order valence-electron chi connectivity index (χ2n) is 6.59. The number of rotatable bonds is 4. The molecule has 3 nitrogen and oxygen atoms in total. The molecule has 0 radical (unpaired) electrons. The number of halogens is 1. The van der Waals surface area contributed by atoms with E-state index >= 15 is 0 Å². The number of Topliss-reactive ketones (excluding diaryl/α,β-unsaturated/α-hetero) is 1. The number of nitrogens with zero attached hydrogens (tertiary/aromatic N) is 1. The highest BCUT2D eigenvalue weighted by molar-refractivity contribution is 9.11. The largest absolute Gasteiger partial charge is 0.361 e. The van der Waals surface area contributed by atoms with Gasteiger partial charge in [-0.3, -0.25) is 4.79 Å². The van der Waals surface area contributed by atoms with Crippen LogP contribution in [0.3, 0.4) is 0 Å². The van der Waals surface area contributed by atoms with Crippen molar-refractivity contribution in [3.8, 4) is 0 Å². The quantitative estimate of drug-likeness (QED) is 0.820. The Morgan fingerprint density at radius 2 is 2.05 bits per heavy atom. The van der Waals surface area contributed by atoms with Crippen LogP contribution in [0.1, 0.15) is 33.3 Å². The topological polar surface area (TPSA) is 29.5 Å². The second kappa shape index (κ2) is 5.52. The van der Waals surface area contributed by atoms with Gasteiger partial charge in [-0.15, -0.1) is 11.3 Å². The van der Waals surface area contributed by atoms with E-state index in [-0.39, 0.29) is 11.7 Å². The van der Waals surface area contributed by atoms with Crippen LogP contribution in [0.5, 0.6) is 0 Å². The van der Waals surface area contributed by atoms with Gasteiger partial charge in [-0.25, -0.2) is 0 Å². The lowest BCUT2D eigenvalue weighted by molar-refractivity contribution is -0.132. The second-order valence-corrected chi connectivity index (χ2v) is 8.88. The Morgan fingerprint density at radius 3 is 2.50 bits per heavy atom. The first kappa shape index (κ1) is 16.1. The van der Waals surface area contributed by atoms with Crippen molar-refractivity contribution in [2.75, 3.05) is 13.6 Å². The van der Waals surface area contributed by atoms with E-state index < -0.39 is 11.2 Å². The molecule has 0 amide bonds. The van der Waals surface area contributed by atoms with Crippen molar-refractivity contribution < 1.29 is 9.53 Å². The monoisotopic (exact) mass is 359 g/mol. The molecule has 1 atom stereocenters. The van der Waals surface area contributed by atoms with Gasteiger partial charge in [0.2, 0.25) is 0 Å². The molecule has 1 fully saturated rings. The third-order valence-corrected chi connectivity index (χ3v) is 5.39. The number of ketones is 1. The van der Waals surface area contributed by atoms with Crippen LogP contribution in [0, 0.1) is 5.92 Å². The summed E-state index contributed by atoms with van der Waals surface area (Å²) in [7, 11) is 2.06. The van der Waals surface area contributed by atoms with Crippen molar-refractivity contribution in [2.24, 2.45) is 5.92 Å². The molecular formula is C15H22BrNO2S. The Morgan fingerprint density at radius 1 is 1.40 bits per heavy atom. The first-order valence-corrected chi connectivity index (χ1v) is 8.45. The predicted octanol–water partition coefficient (Wildman–Crippen LogP) is 3.72. The van der Waals surface area contributed by atoms with E-state index in [2.05, 4.69) is 39.3 Å². The zero-order chi connectivity index (χ0) is 15.1. The molecule has 5 heteroatoms. The average Bonchev–Trinajstić information content (AvgIpc) is 2.74. The molecule has 0 saturated carbocycles. The molecule has 0 aliphatic carbocycles. The zero-order valence-corrected chi connectivity index (χ0v) is 15.1. The summed E-state index contributed by atoms with van der Waals surface area (Å²) >= 11 is 5.17. The standard InChI is InChI=1S/C15H22BrNO2S/c1-14(2)11(13(18)15(3,4)19-14)8-17(5)7-10-6-12(16)20-9-10/h6,9,11H,7-8H2,1-5H3. The summed E-state index contributed by atoms with van der Waals surface area (Å²) in [6.07, 6.45) is 0. The minimum Gasteiger partial charge on any atom is -0.361 e. The van der Waals surface area contributed by atoms with Crippen LogP contribution in [0.15, 0.2) is 15.2 Å². The van der Waals surface area contributed by atoms with Gasteiger partial charge in [0.25, 0.3) is 0 Å². The van der Waals surface area contributed by atoms with Gasteiger partial charge in [0, 0.05) is 13.1 Å². The first-order valence-electron chi connectivity index (χ1n) is 6.78. The van der Waals surface area contributed by atoms with Crippen molar-refractivity contribution in [2.45, 2.75) is 45.4 Å². The summed E-state index contributed by atoms with van der Waals surface area (Å²) in [6.45, 7) is 9.34. The molecule has 0 aromatic carbocycles. The molecule has 2 rings (SSSR count). The molecule has 112 valence electrons. The summed E-state index contributed by atoms with van der Waals surface area (Å²) in [5, 5.41) is 2.14. The molecule has 1 aliphatic rings. The van der Waals surface area contributed by atoms with Crippen LogP contribution in [-0.4, -0.2) is 35.5 Å². The summed E-state index contributed by atoms with van der Waals surface area (Å²) in [5.74, 6) is 0.130. The van der Waals surface area contributed by atoms with E-state index in [4.69, 9.17) is 4.74 Å². The lowest BCUT2D eigenvalue weighted by Gasteiger charge is -2.28. The van der Waals surface area contributed by atoms with E-state index in [0.29, 0.717) is 0 Å². The van der Waals surface area contributed by atoms with Crippen LogP contribution in [0.4, 0.5) is 0 Å². The Labute approximate surface area is 133 Å². The highest BCUT2D eigenvalue weighted by atomic mass is 79.9. The number of carbonyl (C=O) groups excluding carboxylic acids is 1. The third-order valence-electron chi connectivity index (χ3n) is 3.84. The van der Waals surface area contributed by atoms with Crippen LogP contribution in [-0.2, 0) is 16.1 Å². The Hall–Kier alpha value is -0.230. The normalized spacial score (nSPS) is 24.6. The molecule has 1 aliphatic heterocycles. The Balaban J connectivity index is 2.03. The van der Waals surface area contributed by atoms with Gasteiger partial charge in [0.1, 0.15) is 5.60 Å². The smallest absolute Gasteiger partial charge is 0.171 e. The van der Waals surface area contributed by atoms with E-state index in [9.17, 15) is 4.79 Å². The number of hydrogen-bond acceptors (Lipinski definition) is 4. The SMILES string of the molecule is CN(Cc1csc(Br)c1)CC1C(=O)C(C)(C)OC1(C)C. The minimum absolute atomic E-state index is 0.0791. The maximum Gasteiger partial charge on any atom is 0.171 e. The van der Waals surface area contributed by atoms with Crippen molar-refractivity contribution >= 4 is 33.0 Å². The van der Waals surface area contributed by atoms with Crippen LogP contribution >= 0.6 is 27.3 Å². The van der Waals surface area contributed by atoms with Gasteiger partial charge in [-0.2, -0.15) is 0 Å². The van der Waals surface area contributed by atoms with Gasteiger partial charge in [0.15, 0.2) is 5.78 Å². The molecule has 2 heterocycles. The lowest BCUT2D eigenvalue weighted by atomic mass is 9.85. The fourth-order valence-electron chi connectivity index (χ4n) is 2.93. The maximum absolute atomic E-state index is 12.5. The van der Waals surface area contributed by atoms with Crippen LogP contribution in [0.2, 0.25) is 0 Å². The van der Waals surface area contributed by atoms with Crippen LogP contribution < -0.4 is 0 Å². The summed E-state index contributed by atoms with van der Waals surface area (Å²) in [6, 6.07) is 2.13. The number of ether oxygens (including phenoxy) is 1. The number of hydrogen-bond donors (Lipinski definition) is 0. The zero-order valence-electron chi connectivity index (χ0n) is 12.7. The Bertz CT molecular complexity index is 510. The maximum atomic E-state index is 12.5. The first-order chi connectivity index (χ1) is 9.12. The van der Waals surface area contributed by atoms with Gasteiger partial charge >= 0.3 is 0 Å². The van der Waals surface area contributed by atoms with E-state index in [1.807, 2.05) is 27.7 Å². The van der Waals surface area contributed by atoms with Gasteiger partial charge < -0.3 is 9.64 Å². The molecule has 1 aromatic heterocycles. The highest BCUT2D eigenvalue weighted by Crippen LogP contribution is 2.39. The third kappa shape index (κ3) is 3.32. The van der Waals surface area contributed by atoms with Crippen molar-refractivity contribution in [1.29, 1.82) is 0 Å².